The molecule has 0 aliphatic heterocycles. The predicted octanol–water partition coefficient (Wildman–Crippen LogP) is 2.87. The zero-order chi connectivity index (χ0) is 12.3. The topological polar surface area (TPSA) is 18.5 Å². The number of hydrogen-bond acceptors (Lipinski definition) is 2. The van der Waals surface area contributed by atoms with Gasteiger partial charge in [-0.1, -0.05) is 36.4 Å². The summed E-state index contributed by atoms with van der Waals surface area (Å²) in [4.78, 5) is 0. The van der Waals surface area contributed by atoms with Gasteiger partial charge in [0.15, 0.2) is 11.5 Å². The van der Waals surface area contributed by atoms with Gasteiger partial charge in [-0.3, -0.25) is 0 Å². The van der Waals surface area contributed by atoms with Gasteiger partial charge in [-0.15, -0.1) is 9.24 Å². The van der Waals surface area contributed by atoms with E-state index in [2.05, 4.69) is 21.4 Å². The maximum Gasteiger partial charge on any atom is 0.168 e. The van der Waals surface area contributed by atoms with Crippen molar-refractivity contribution in [2.45, 2.75) is 0 Å². The van der Waals surface area contributed by atoms with E-state index in [0.29, 0.717) is 0 Å². The molecule has 0 aliphatic rings. The van der Waals surface area contributed by atoms with Gasteiger partial charge in [0.2, 0.25) is 0 Å². The van der Waals surface area contributed by atoms with Crippen LogP contribution in [-0.4, -0.2) is 14.2 Å². The lowest BCUT2D eigenvalue weighted by atomic mass is 10.0. The van der Waals surface area contributed by atoms with Crippen LogP contribution in [0.25, 0.3) is 11.1 Å². The van der Waals surface area contributed by atoms with Gasteiger partial charge in [0, 0.05) is 5.56 Å². The van der Waals surface area contributed by atoms with E-state index in [1.807, 2.05) is 30.3 Å². The van der Waals surface area contributed by atoms with Crippen molar-refractivity contribution in [3.05, 3.63) is 42.5 Å². The summed E-state index contributed by atoms with van der Waals surface area (Å²) < 4.78 is 10.7. The average molecular weight is 246 g/mol. The Morgan fingerprint density at radius 2 is 1.53 bits per heavy atom. The summed E-state index contributed by atoms with van der Waals surface area (Å²) in [5.41, 5.74) is 2.17. The third-order valence-corrected chi connectivity index (χ3v) is 3.16. The van der Waals surface area contributed by atoms with Gasteiger partial charge in [-0.25, -0.2) is 0 Å². The van der Waals surface area contributed by atoms with Crippen LogP contribution in [0.5, 0.6) is 11.5 Å². The Morgan fingerprint density at radius 1 is 0.824 bits per heavy atom. The fourth-order valence-corrected chi connectivity index (χ4v) is 2.20. The first kappa shape index (κ1) is 11.9. The summed E-state index contributed by atoms with van der Waals surface area (Å²) in [5, 5.41) is 1.14. The van der Waals surface area contributed by atoms with Crippen LogP contribution in [0.4, 0.5) is 0 Å². The molecule has 2 rings (SSSR count). The quantitative estimate of drug-likeness (QED) is 0.775. The van der Waals surface area contributed by atoms with E-state index >= 15 is 0 Å². The maximum atomic E-state index is 5.44. The van der Waals surface area contributed by atoms with Crippen LogP contribution in [0.2, 0.25) is 0 Å². The molecule has 3 heteroatoms. The Morgan fingerprint density at radius 3 is 2.18 bits per heavy atom. The Hall–Kier alpha value is -1.53. The number of ether oxygens (including phenoxy) is 2. The Bertz CT molecular complexity index is 523. The molecule has 88 valence electrons. The van der Waals surface area contributed by atoms with Crippen molar-refractivity contribution in [1.29, 1.82) is 0 Å². The second kappa shape index (κ2) is 5.20. The molecule has 0 heterocycles. The standard InChI is InChI=1S/C14H15O2P/c1-15-12-8-5-7-11(14(12)16-2)10-6-3-4-9-13(10)17/h3-9H,17H2,1-2H3. The fourth-order valence-electron chi connectivity index (χ4n) is 1.84. The summed E-state index contributed by atoms with van der Waals surface area (Å²) in [6.45, 7) is 0. The number of hydrogen-bond donors (Lipinski definition) is 0. The maximum absolute atomic E-state index is 5.44. The average Bonchev–Trinajstić information content (AvgIpc) is 2.38. The highest BCUT2D eigenvalue weighted by Gasteiger charge is 2.12. The monoisotopic (exact) mass is 246 g/mol. The molecule has 2 nitrogen and oxygen atoms in total. The third-order valence-electron chi connectivity index (χ3n) is 2.65. The highest BCUT2D eigenvalue weighted by Crippen LogP contribution is 2.37. The molecule has 1 unspecified atom stereocenters. The lowest BCUT2D eigenvalue weighted by Crippen LogP contribution is -1.99. The molecule has 0 spiro atoms. The minimum atomic E-state index is 0.748. The summed E-state index contributed by atoms with van der Waals surface area (Å²) in [6.07, 6.45) is 0. The minimum Gasteiger partial charge on any atom is -0.493 e. The largest absolute Gasteiger partial charge is 0.493 e. The van der Waals surface area contributed by atoms with E-state index in [9.17, 15) is 0 Å². The molecule has 2 aromatic carbocycles. The van der Waals surface area contributed by atoms with Gasteiger partial charge in [0.05, 0.1) is 14.2 Å². The molecule has 0 N–H and O–H groups in total. The highest BCUT2D eigenvalue weighted by atomic mass is 31.0. The van der Waals surface area contributed by atoms with Crippen LogP contribution in [-0.2, 0) is 0 Å². The molecule has 0 radical (unpaired) electrons. The molecular formula is C14H15O2P. The molecule has 1 atom stereocenters. The van der Waals surface area contributed by atoms with Crippen LogP contribution in [0, 0.1) is 0 Å². The lowest BCUT2D eigenvalue weighted by Gasteiger charge is -2.13. The first-order valence-electron chi connectivity index (χ1n) is 5.33. The molecule has 17 heavy (non-hydrogen) atoms. The summed E-state index contributed by atoms with van der Waals surface area (Å²) >= 11 is 0. The molecule has 0 aromatic heterocycles. The molecular weight excluding hydrogens is 231 g/mol. The fraction of sp³-hybridized carbons (Fsp3) is 0.143. The van der Waals surface area contributed by atoms with Crippen LogP contribution < -0.4 is 14.8 Å². The number of benzene rings is 2. The van der Waals surface area contributed by atoms with Crippen LogP contribution in [0.1, 0.15) is 0 Å². The van der Waals surface area contributed by atoms with Crippen molar-refractivity contribution in [2.24, 2.45) is 0 Å². The highest BCUT2D eigenvalue weighted by molar-refractivity contribution is 7.28. The van der Waals surface area contributed by atoms with E-state index < -0.39 is 0 Å². The van der Waals surface area contributed by atoms with E-state index in [1.165, 1.54) is 0 Å². The van der Waals surface area contributed by atoms with Gasteiger partial charge >= 0.3 is 0 Å². The zero-order valence-corrected chi connectivity index (χ0v) is 11.1. The Labute approximate surface area is 104 Å². The second-order valence-corrected chi connectivity index (χ2v) is 4.25. The molecule has 0 fully saturated rings. The number of para-hydroxylation sites is 1. The molecule has 0 bridgehead atoms. The van der Waals surface area contributed by atoms with Crippen molar-refractivity contribution >= 4 is 14.5 Å². The first-order valence-corrected chi connectivity index (χ1v) is 5.91. The van der Waals surface area contributed by atoms with Crippen molar-refractivity contribution in [1.82, 2.24) is 0 Å². The second-order valence-electron chi connectivity index (χ2n) is 3.63. The SMILES string of the molecule is COc1cccc(-c2ccccc2P)c1OC. The minimum absolute atomic E-state index is 0.748. The van der Waals surface area contributed by atoms with Gasteiger partial charge in [0.1, 0.15) is 0 Å². The van der Waals surface area contributed by atoms with Gasteiger partial charge in [0.25, 0.3) is 0 Å². The molecule has 0 saturated carbocycles. The van der Waals surface area contributed by atoms with E-state index in [0.717, 1.165) is 27.9 Å². The van der Waals surface area contributed by atoms with Crippen molar-refractivity contribution in [3.63, 3.8) is 0 Å². The summed E-state index contributed by atoms with van der Waals surface area (Å²) in [6, 6.07) is 14.0. The molecule has 2 aromatic rings. The predicted molar refractivity (Wildman–Crippen MR) is 74.3 cm³/mol. The van der Waals surface area contributed by atoms with Gasteiger partial charge in [-0.2, -0.15) is 0 Å². The van der Waals surface area contributed by atoms with Crippen molar-refractivity contribution in [2.75, 3.05) is 14.2 Å². The van der Waals surface area contributed by atoms with Crippen LogP contribution in [0.3, 0.4) is 0 Å². The van der Waals surface area contributed by atoms with Crippen molar-refractivity contribution < 1.29 is 9.47 Å². The Kier molecular flexibility index (Phi) is 3.65. The van der Waals surface area contributed by atoms with Gasteiger partial charge < -0.3 is 9.47 Å². The number of rotatable bonds is 3. The summed E-state index contributed by atoms with van der Waals surface area (Å²) in [7, 11) is 6.04. The number of methoxy groups -OCH3 is 2. The Balaban J connectivity index is 2.63. The van der Waals surface area contributed by atoms with Crippen LogP contribution >= 0.6 is 9.24 Å². The third kappa shape index (κ3) is 2.27. The molecule has 0 aliphatic carbocycles. The molecule has 0 amide bonds. The normalized spacial score (nSPS) is 10.1. The zero-order valence-electron chi connectivity index (χ0n) is 9.94. The van der Waals surface area contributed by atoms with Gasteiger partial charge in [-0.05, 0) is 16.9 Å². The van der Waals surface area contributed by atoms with Crippen molar-refractivity contribution in [3.8, 4) is 22.6 Å². The summed E-state index contributed by atoms with van der Waals surface area (Å²) in [5.74, 6) is 1.52. The smallest absolute Gasteiger partial charge is 0.168 e. The van der Waals surface area contributed by atoms with E-state index in [-0.39, 0.29) is 0 Å². The van der Waals surface area contributed by atoms with Crippen LogP contribution in [0.15, 0.2) is 42.5 Å². The van der Waals surface area contributed by atoms with E-state index in [1.54, 1.807) is 14.2 Å². The first-order chi connectivity index (χ1) is 8.27. The lowest BCUT2D eigenvalue weighted by molar-refractivity contribution is 0.356. The molecule has 0 saturated heterocycles. The van der Waals surface area contributed by atoms with E-state index in [4.69, 9.17) is 9.47 Å².